The van der Waals surface area contributed by atoms with Gasteiger partial charge in [-0.15, -0.1) is 13.1 Å². The molecule has 0 amide bonds. The molecule has 1 fully saturated rings. The van der Waals surface area contributed by atoms with E-state index in [9.17, 15) is 0 Å². The Hall–Kier alpha value is -2.43. The molecule has 0 aliphatic carbocycles. The summed E-state index contributed by atoms with van der Waals surface area (Å²) in [4.78, 5) is 0. The Morgan fingerprint density at radius 1 is 0.655 bits per heavy atom. The number of piperidine rings is 1. The second-order valence-electron chi connectivity index (χ2n) is 5.55. The van der Waals surface area contributed by atoms with Crippen molar-refractivity contribution in [1.29, 1.82) is 0 Å². The maximum atomic E-state index is 8.03. The number of nitrogens with zero attached hydrogens (tertiary/aromatic N) is 5. The number of benzene rings is 1. The van der Waals surface area contributed by atoms with Gasteiger partial charge in [0.15, 0.2) is 0 Å². The molecule has 10 heteroatoms. The third-order valence-corrected chi connectivity index (χ3v) is 3.39. The molecule has 0 bridgehead atoms. The summed E-state index contributed by atoms with van der Waals surface area (Å²) in [5, 5.41) is 47.4. The van der Waals surface area contributed by atoms with Gasteiger partial charge in [0.25, 0.3) is 0 Å². The van der Waals surface area contributed by atoms with Crippen LogP contribution in [-0.4, -0.2) is 56.8 Å². The molecule has 1 aromatic carbocycles. The van der Waals surface area contributed by atoms with Gasteiger partial charge in [0.2, 0.25) is 0 Å². The van der Waals surface area contributed by atoms with E-state index >= 15 is 0 Å². The summed E-state index contributed by atoms with van der Waals surface area (Å²) in [5.41, 5.74) is 1.25. The molecule has 29 heavy (non-hydrogen) atoms. The van der Waals surface area contributed by atoms with Crippen LogP contribution in [0.15, 0.2) is 51.0 Å². The average molecular weight is 452 g/mol. The molecule has 1 aliphatic heterocycles. The van der Waals surface area contributed by atoms with Crippen molar-refractivity contribution < 1.29 is 37.6 Å². The summed E-state index contributed by atoms with van der Waals surface area (Å²) in [6, 6.07) is 12.5. The maximum absolute atomic E-state index is 8.03. The number of rotatable bonds is 2. The molecule has 0 spiro atoms. The molecule has 0 atom stereocenters. The number of hydrogen-bond acceptors (Lipinski definition) is 8. The van der Waals surface area contributed by atoms with Crippen molar-refractivity contribution in [2.75, 3.05) is 13.1 Å². The van der Waals surface area contributed by atoms with E-state index in [2.05, 4.69) is 32.0 Å². The summed E-state index contributed by atoms with van der Waals surface area (Å²) in [6.45, 7) is 8.40. The minimum Gasteiger partial charge on any atom is -0.662 e. The van der Waals surface area contributed by atoms with Crippen LogP contribution in [0.4, 0.5) is 0 Å². The van der Waals surface area contributed by atoms with Crippen LogP contribution >= 0.6 is 0 Å². The van der Waals surface area contributed by atoms with Crippen LogP contribution < -0.4 is 0 Å². The summed E-state index contributed by atoms with van der Waals surface area (Å²) < 4.78 is 0. The summed E-state index contributed by atoms with van der Waals surface area (Å²) >= 11 is 0. The van der Waals surface area contributed by atoms with E-state index in [0.29, 0.717) is 22.8 Å². The van der Waals surface area contributed by atoms with Gasteiger partial charge in [-0.3, -0.25) is 0 Å². The van der Waals surface area contributed by atoms with Gasteiger partial charge in [-0.1, -0.05) is 39.9 Å². The smallest absolute Gasteiger partial charge is 0.662 e. The molecule has 0 saturated carbocycles. The molecule has 1 radical (unpaired) electrons. The molecular formula is C19H31CoN5O4. The van der Waals surface area contributed by atoms with Crippen LogP contribution in [0.25, 0.3) is 5.32 Å². The van der Waals surface area contributed by atoms with Gasteiger partial charge < -0.3 is 26.1 Å². The van der Waals surface area contributed by atoms with Crippen LogP contribution in [0.3, 0.4) is 0 Å². The predicted molar refractivity (Wildman–Crippen MR) is 112 cm³/mol. The largest absolute Gasteiger partial charge is 2.00 e. The Bertz CT molecular complexity index is 502. The molecule has 2 rings (SSSR count). The fraction of sp³-hybridized carbons (Fsp3) is 0.474. The summed E-state index contributed by atoms with van der Waals surface area (Å²) in [6.07, 6.45) is 4.07. The zero-order valence-electron chi connectivity index (χ0n) is 17.3. The van der Waals surface area contributed by atoms with Crippen LogP contribution in [0.1, 0.15) is 47.0 Å². The van der Waals surface area contributed by atoms with E-state index < -0.39 is 0 Å². The molecule has 1 saturated heterocycles. The third-order valence-electron chi connectivity index (χ3n) is 3.39. The summed E-state index contributed by atoms with van der Waals surface area (Å²) in [7, 11) is 0. The first kappa shape index (κ1) is 31.3. The zero-order chi connectivity index (χ0) is 21.6. The first-order valence-corrected chi connectivity index (χ1v) is 8.74. The molecule has 1 aliphatic rings. The van der Waals surface area contributed by atoms with E-state index in [1.54, 1.807) is 0 Å². The van der Waals surface area contributed by atoms with Gasteiger partial charge in [-0.25, -0.2) is 0 Å². The fourth-order valence-electron chi connectivity index (χ4n) is 1.37. The van der Waals surface area contributed by atoms with Gasteiger partial charge in [-0.05, 0) is 27.7 Å². The van der Waals surface area contributed by atoms with Gasteiger partial charge in [0.05, 0.1) is 0 Å². The van der Waals surface area contributed by atoms with Gasteiger partial charge in [0, 0.05) is 0 Å². The molecule has 1 heterocycles. The van der Waals surface area contributed by atoms with Crippen molar-refractivity contribution in [3.05, 3.63) is 41.7 Å². The Morgan fingerprint density at radius 2 is 1.00 bits per heavy atom. The maximum Gasteiger partial charge on any atom is 2.00 e. The van der Waals surface area contributed by atoms with Gasteiger partial charge >= 0.3 is 16.8 Å². The Kier molecular flexibility index (Phi) is 25.5. The quantitative estimate of drug-likeness (QED) is 0.228. The van der Waals surface area contributed by atoms with Crippen molar-refractivity contribution in [3.8, 4) is 0 Å². The zero-order valence-corrected chi connectivity index (χ0v) is 18.3. The fourth-order valence-corrected chi connectivity index (χ4v) is 1.37. The topological polar surface area (TPSA) is 144 Å². The average Bonchev–Trinajstić information content (AvgIpc) is 2.80. The first-order valence-electron chi connectivity index (χ1n) is 8.74. The normalized spacial score (nSPS) is 14.5. The second kappa shape index (κ2) is 23.6. The van der Waals surface area contributed by atoms with E-state index in [4.69, 9.17) is 20.8 Å². The van der Waals surface area contributed by atoms with E-state index in [1.165, 1.54) is 47.0 Å². The molecule has 165 valence electrons. The van der Waals surface area contributed by atoms with E-state index in [1.807, 2.05) is 30.3 Å². The molecular weight excluding hydrogens is 421 g/mol. The first-order chi connectivity index (χ1) is 13.4. The monoisotopic (exact) mass is 452 g/mol. The molecule has 9 nitrogen and oxygen atoms in total. The van der Waals surface area contributed by atoms with Crippen molar-refractivity contribution >= 4 is 22.8 Å². The molecule has 4 N–H and O–H groups in total. The number of oxime groups is 4. The molecule has 1 aromatic rings. The van der Waals surface area contributed by atoms with Crippen molar-refractivity contribution in [2.45, 2.75) is 47.0 Å². The molecule has 0 aromatic heterocycles. The van der Waals surface area contributed by atoms with E-state index in [-0.39, 0.29) is 16.8 Å². The Balaban J connectivity index is -0.000000309. The van der Waals surface area contributed by atoms with Crippen molar-refractivity contribution in [1.82, 2.24) is 0 Å². The SMILES string of the molecule is C1CC[N-]CC1.CC(=N\O)/C(C)=N/O.CC(=N\O)/C(C)=N/O.[Co+2].[c-]1ccccc1. The third kappa shape index (κ3) is 21.7. The second-order valence-corrected chi connectivity index (χ2v) is 5.55. The van der Waals surface area contributed by atoms with Crippen molar-refractivity contribution in [2.24, 2.45) is 20.6 Å². The van der Waals surface area contributed by atoms with E-state index in [0.717, 1.165) is 13.1 Å². The summed E-state index contributed by atoms with van der Waals surface area (Å²) in [5.74, 6) is 0. The predicted octanol–water partition coefficient (Wildman–Crippen LogP) is 4.40. The van der Waals surface area contributed by atoms with Gasteiger partial charge in [-0.2, -0.15) is 36.4 Å². The number of hydrogen-bond donors (Lipinski definition) is 4. The minimum atomic E-state index is 0. The van der Waals surface area contributed by atoms with Crippen LogP contribution in [0.2, 0.25) is 0 Å². The minimum absolute atomic E-state index is 0. The van der Waals surface area contributed by atoms with Crippen molar-refractivity contribution in [3.63, 3.8) is 0 Å². The Morgan fingerprint density at radius 3 is 1.10 bits per heavy atom. The Labute approximate surface area is 183 Å². The van der Waals surface area contributed by atoms with Crippen LogP contribution in [0, 0.1) is 6.07 Å². The molecule has 0 unspecified atom stereocenters. The van der Waals surface area contributed by atoms with Crippen LogP contribution in [0.5, 0.6) is 0 Å². The van der Waals surface area contributed by atoms with Gasteiger partial charge in [0.1, 0.15) is 22.8 Å². The standard InChI is InChI=1S/C6H5.C5H10N.2C4H8N2O2.Co/c2*1-2-4-6-5-3-1;2*1-3(5-7)4(2)6-8;/h1-5H;1-5H2;2*7-8H,1-2H3;/q2*-1;;;+2/b;;2*5-3+,6-4+;. The van der Waals surface area contributed by atoms with Crippen LogP contribution in [-0.2, 0) is 16.8 Å².